The Labute approximate surface area is 197 Å². The second kappa shape index (κ2) is 9.94. The van der Waals surface area contributed by atoms with Crippen LogP contribution in [-0.2, 0) is 13.8 Å². The Morgan fingerprint density at radius 2 is 1.38 bits per heavy atom. The van der Waals surface area contributed by atoms with Crippen molar-refractivity contribution >= 4 is 42.6 Å². The Bertz CT molecular complexity index is 1120. The third-order valence-electron chi connectivity index (χ3n) is 5.05. The average Bonchev–Trinajstić information content (AvgIpc) is 3.30. The number of aliphatic carboxylic acids is 1. The molecule has 5 nitrogen and oxygen atoms in total. The second-order valence-corrected chi connectivity index (χ2v) is 11.6. The molecule has 160 valence electrons. The van der Waals surface area contributed by atoms with Crippen molar-refractivity contribution in [3.8, 4) is 0 Å². The number of thiazole rings is 1. The van der Waals surface area contributed by atoms with Crippen LogP contribution in [0.3, 0.4) is 0 Å². The van der Waals surface area contributed by atoms with Crippen LogP contribution >= 0.6 is 11.3 Å². The first-order valence-electron chi connectivity index (χ1n) is 9.90. The molecule has 0 spiro atoms. The summed E-state index contributed by atoms with van der Waals surface area (Å²) in [6, 6.07) is 31.4. The summed E-state index contributed by atoms with van der Waals surface area (Å²) in [6.07, 6.45) is 0. The molecular formula is C25H21AsN2O3S. The number of nitrogens with zero attached hydrogens (tertiary/aromatic N) is 2. The number of hydrogen-bond acceptors (Lipinski definition) is 5. The summed E-state index contributed by atoms with van der Waals surface area (Å²) in [4.78, 5) is 21.0. The fourth-order valence-corrected chi connectivity index (χ4v) is 8.80. The van der Waals surface area contributed by atoms with E-state index in [-0.39, 0.29) is 9.91 Å². The number of aromatic nitrogens is 1. The Kier molecular flexibility index (Phi) is 6.83. The van der Waals surface area contributed by atoms with Crippen molar-refractivity contribution in [2.75, 3.05) is 7.11 Å². The van der Waals surface area contributed by atoms with Gasteiger partial charge in [0.25, 0.3) is 0 Å². The number of benzene rings is 3. The first-order valence-corrected chi connectivity index (χ1v) is 12.9. The van der Waals surface area contributed by atoms with E-state index in [2.05, 4.69) is 78.0 Å². The molecule has 0 aliphatic carbocycles. The van der Waals surface area contributed by atoms with E-state index < -0.39 is 21.7 Å². The van der Waals surface area contributed by atoms with Gasteiger partial charge in [-0.3, -0.25) is 0 Å². The molecule has 1 N–H and O–H groups in total. The van der Waals surface area contributed by atoms with Crippen molar-refractivity contribution < 1.29 is 14.7 Å². The first kappa shape index (κ1) is 22.0. The third-order valence-corrected chi connectivity index (χ3v) is 10.3. The van der Waals surface area contributed by atoms with E-state index in [0.29, 0.717) is 5.69 Å². The van der Waals surface area contributed by atoms with Gasteiger partial charge in [0.2, 0.25) is 0 Å². The van der Waals surface area contributed by atoms with Gasteiger partial charge in [-0.15, -0.1) is 0 Å². The number of rotatable bonds is 8. The number of carbonyl (C=O) groups is 1. The number of oxime groups is 1. The molecule has 1 atom stereocenters. The normalized spacial score (nSPS) is 12.2. The summed E-state index contributed by atoms with van der Waals surface area (Å²) < 4.78 is 0.558. The Morgan fingerprint density at radius 3 is 1.78 bits per heavy atom. The van der Waals surface area contributed by atoms with E-state index in [4.69, 9.17) is 9.82 Å². The SMILES string of the molecule is CO/N=C(\C(=O)O)c1csc([AsH]C(c2ccccc2)(c2ccccc2)c2ccccc2)n1. The van der Waals surface area contributed by atoms with Crippen LogP contribution < -0.4 is 3.80 Å². The molecule has 3 aromatic carbocycles. The van der Waals surface area contributed by atoms with Crippen molar-refractivity contribution in [2.24, 2.45) is 5.16 Å². The minimum absolute atomic E-state index is 0.189. The van der Waals surface area contributed by atoms with E-state index in [9.17, 15) is 9.90 Å². The summed E-state index contributed by atoms with van der Waals surface area (Å²) >= 11 is 0.516. The van der Waals surface area contributed by atoms with Gasteiger partial charge in [0.05, 0.1) is 0 Å². The monoisotopic (exact) mass is 504 g/mol. The Balaban J connectivity index is 1.90. The quantitative estimate of drug-likeness (QED) is 0.172. The number of hydrogen-bond donors (Lipinski definition) is 1. The molecule has 4 aromatic rings. The standard InChI is InChI=1S/C25H21AsN2O3S/c1-31-28-22(23(29)30)21-17-32-24(27-21)26-25(18-11-5-2-6-12-18,19-13-7-3-8-14-19)20-15-9-4-10-16-20/h2-17,26H,1H3,(H,29,30)/b28-22-. The van der Waals surface area contributed by atoms with E-state index >= 15 is 0 Å². The van der Waals surface area contributed by atoms with Crippen molar-refractivity contribution in [3.63, 3.8) is 0 Å². The van der Waals surface area contributed by atoms with Crippen molar-refractivity contribution in [2.45, 2.75) is 4.20 Å². The van der Waals surface area contributed by atoms with E-state index in [1.54, 1.807) is 5.38 Å². The van der Waals surface area contributed by atoms with Gasteiger partial charge >= 0.3 is 198 Å². The van der Waals surface area contributed by atoms with E-state index in [1.807, 2.05) is 18.2 Å². The maximum atomic E-state index is 11.6. The molecule has 0 amide bonds. The zero-order valence-corrected chi connectivity index (χ0v) is 20.2. The van der Waals surface area contributed by atoms with Crippen LogP contribution in [0.2, 0.25) is 0 Å². The van der Waals surface area contributed by atoms with Gasteiger partial charge in [-0.1, -0.05) is 0 Å². The molecule has 0 aliphatic heterocycles. The third kappa shape index (κ3) is 4.38. The van der Waals surface area contributed by atoms with Gasteiger partial charge in [-0.2, -0.15) is 0 Å². The average molecular weight is 504 g/mol. The minimum atomic E-state index is -1.16. The molecule has 0 fully saturated rings. The van der Waals surface area contributed by atoms with Gasteiger partial charge in [0, 0.05) is 0 Å². The topological polar surface area (TPSA) is 71.8 Å². The summed E-state index contributed by atoms with van der Waals surface area (Å²) in [5.74, 6) is -1.16. The fourth-order valence-electron chi connectivity index (χ4n) is 3.67. The number of carboxylic acids is 1. The molecule has 0 saturated heterocycles. The van der Waals surface area contributed by atoms with E-state index in [0.717, 1.165) is 3.80 Å². The zero-order chi connectivity index (χ0) is 22.4. The first-order chi connectivity index (χ1) is 15.6. The molecule has 4 rings (SSSR count). The summed E-state index contributed by atoms with van der Waals surface area (Å²) in [5.41, 5.74) is 3.71. The fraction of sp³-hybridized carbons (Fsp3) is 0.0800. The molecule has 0 radical (unpaired) electrons. The molecular weight excluding hydrogens is 483 g/mol. The van der Waals surface area contributed by atoms with Crippen molar-refractivity contribution in [1.82, 2.24) is 4.98 Å². The zero-order valence-electron chi connectivity index (χ0n) is 17.3. The van der Waals surface area contributed by atoms with Crippen LogP contribution in [0.5, 0.6) is 0 Å². The summed E-state index contributed by atoms with van der Waals surface area (Å²) in [7, 11) is 1.33. The molecule has 32 heavy (non-hydrogen) atoms. The molecule has 1 unspecified atom stereocenters. The van der Waals surface area contributed by atoms with Crippen LogP contribution in [0.25, 0.3) is 0 Å². The Morgan fingerprint density at radius 1 is 0.906 bits per heavy atom. The van der Waals surface area contributed by atoms with Crippen LogP contribution in [0.15, 0.2) is 102 Å². The van der Waals surface area contributed by atoms with Gasteiger partial charge in [0.15, 0.2) is 0 Å². The van der Waals surface area contributed by atoms with Crippen LogP contribution in [0.4, 0.5) is 0 Å². The molecule has 1 heterocycles. The van der Waals surface area contributed by atoms with Crippen LogP contribution in [0, 0.1) is 0 Å². The molecule has 0 aliphatic rings. The van der Waals surface area contributed by atoms with Gasteiger partial charge in [0.1, 0.15) is 0 Å². The Hall–Kier alpha value is -3.21. The maximum absolute atomic E-state index is 11.6. The molecule has 7 heteroatoms. The second-order valence-electron chi connectivity index (χ2n) is 6.94. The molecule has 0 bridgehead atoms. The predicted octanol–water partition coefficient (Wildman–Crippen LogP) is 3.63. The van der Waals surface area contributed by atoms with Crippen LogP contribution in [0.1, 0.15) is 22.4 Å². The predicted molar refractivity (Wildman–Crippen MR) is 129 cm³/mol. The van der Waals surface area contributed by atoms with Crippen molar-refractivity contribution in [3.05, 3.63) is 119 Å². The van der Waals surface area contributed by atoms with E-state index in [1.165, 1.54) is 35.1 Å². The van der Waals surface area contributed by atoms with Crippen LogP contribution in [-0.4, -0.2) is 44.6 Å². The molecule has 0 saturated carbocycles. The van der Waals surface area contributed by atoms with Gasteiger partial charge < -0.3 is 0 Å². The number of carboxylic acid groups (broad SMARTS) is 1. The van der Waals surface area contributed by atoms with Gasteiger partial charge in [-0.05, 0) is 0 Å². The molecule has 1 aromatic heterocycles. The summed E-state index contributed by atoms with van der Waals surface area (Å²) in [5, 5.41) is 14.9. The van der Waals surface area contributed by atoms with Gasteiger partial charge in [-0.25, -0.2) is 0 Å². The van der Waals surface area contributed by atoms with Crippen molar-refractivity contribution in [1.29, 1.82) is 0 Å². The summed E-state index contributed by atoms with van der Waals surface area (Å²) in [6.45, 7) is 0.